The Kier molecular flexibility index (Phi) is 5.98. The number of carbonyl (C=O) groups is 1. The quantitative estimate of drug-likeness (QED) is 0.465. The molecule has 1 fully saturated rings. The summed E-state index contributed by atoms with van der Waals surface area (Å²) in [5, 5.41) is 13.7. The van der Waals surface area contributed by atoms with Crippen molar-refractivity contribution >= 4 is 28.2 Å². The molecular weight excluding hydrogens is 440 g/mol. The second-order valence-electron chi connectivity index (χ2n) is 8.73. The number of hydrogen-bond donors (Lipinski definition) is 2. The van der Waals surface area contributed by atoms with Gasteiger partial charge in [-0.05, 0) is 60.0 Å². The predicted molar refractivity (Wildman–Crippen MR) is 134 cm³/mol. The van der Waals surface area contributed by atoms with E-state index < -0.39 is 0 Å². The minimum atomic E-state index is -0.234. The van der Waals surface area contributed by atoms with E-state index in [9.17, 15) is 14.9 Å². The fourth-order valence-electron chi connectivity index (χ4n) is 4.60. The standard InChI is InChI=1S/C27H24N6O2/c1-17(34)33-10-7-20(8-11-33)19-2-4-23(5-3-19)31-26-25-21(6-9-30-27(25)35)13-24(32-26)22-12-18(14-28)15-29-16-22/h2-6,9,12-13,15-16,20H,7-8,10-11H2,1H3,(H,30,35)(H,31,32). The molecular formula is C27H24N6O2. The van der Waals surface area contributed by atoms with Crippen LogP contribution in [0, 0.1) is 11.3 Å². The minimum Gasteiger partial charge on any atom is -0.343 e. The van der Waals surface area contributed by atoms with E-state index in [0.29, 0.717) is 33.9 Å². The summed E-state index contributed by atoms with van der Waals surface area (Å²) in [6.07, 6.45) is 6.66. The molecule has 5 rings (SSSR count). The molecule has 2 N–H and O–H groups in total. The third-order valence-electron chi connectivity index (χ3n) is 6.50. The van der Waals surface area contributed by atoms with Crippen LogP contribution in [-0.2, 0) is 4.79 Å². The zero-order valence-corrected chi connectivity index (χ0v) is 19.3. The first-order valence-corrected chi connectivity index (χ1v) is 11.5. The summed E-state index contributed by atoms with van der Waals surface area (Å²) in [6, 6.07) is 15.6. The van der Waals surface area contributed by atoms with E-state index in [2.05, 4.69) is 33.5 Å². The fraction of sp³-hybridized carbons (Fsp3) is 0.222. The lowest BCUT2D eigenvalue weighted by atomic mass is 9.89. The van der Waals surface area contributed by atoms with Crippen molar-refractivity contribution in [3.63, 3.8) is 0 Å². The maximum atomic E-state index is 12.7. The molecule has 4 heterocycles. The van der Waals surface area contributed by atoms with E-state index in [4.69, 9.17) is 4.98 Å². The first-order valence-electron chi connectivity index (χ1n) is 11.5. The normalized spacial score (nSPS) is 14.0. The minimum absolute atomic E-state index is 0.134. The van der Waals surface area contributed by atoms with Crippen molar-refractivity contribution in [2.75, 3.05) is 18.4 Å². The SMILES string of the molecule is CC(=O)N1CCC(c2ccc(Nc3nc(-c4cncc(C#N)c4)cc4cc[nH]c(=O)c34)cc2)CC1. The lowest BCUT2D eigenvalue weighted by Gasteiger charge is -2.31. The molecule has 1 aliphatic heterocycles. The second-order valence-corrected chi connectivity index (χ2v) is 8.73. The van der Waals surface area contributed by atoms with Gasteiger partial charge in [-0.2, -0.15) is 5.26 Å². The van der Waals surface area contributed by atoms with Gasteiger partial charge in [0.15, 0.2) is 0 Å². The Morgan fingerprint density at radius 3 is 2.63 bits per heavy atom. The summed E-state index contributed by atoms with van der Waals surface area (Å²) in [4.78, 5) is 37.7. The zero-order chi connectivity index (χ0) is 24.4. The summed E-state index contributed by atoms with van der Waals surface area (Å²) in [5.41, 5.74) is 3.57. The molecule has 0 radical (unpaired) electrons. The molecule has 8 heteroatoms. The molecule has 0 unspecified atom stereocenters. The van der Waals surface area contributed by atoms with E-state index in [1.54, 1.807) is 25.4 Å². The van der Waals surface area contributed by atoms with Gasteiger partial charge in [0, 0.05) is 49.9 Å². The number of piperidine rings is 1. The number of nitrogens with zero attached hydrogens (tertiary/aromatic N) is 4. The fourth-order valence-corrected chi connectivity index (χ4v) is 4.60. The number of likely N-dealkylation sites (tertiary alicyclic amines) is 1. The number of fused-ring (bicyclic) bond motifs is 1. The summed E-state index contributed by atoms with van der Waals surface area (Å²) < 4.78 is 0. The maximum absolute atomic E-state index is 12.7. The number of anilines is 2. The highest BCUT2D eigenvalue weighted by Crippen LogP contribution is 2.31. The third-order valence-corrected chi connectivity index (χ3v) is 6.50. The molecule has 35 heavy (non-hydrogen) atoms. The van der Waals surface area contributed by atoms with Gasteiger partial charge in [0.2, 0.25) is 5.91 Å². The van der Waals surface area contributed by atoms with E-state index in [-0.39, 0.29) is 11.5 Å². The Bertz CT molecular complexity index is 1500. The van der Waals surface area contributed by atoms with Gasteiger partial charge in [0.05, 0.1) is 16.6 Å². The second kappa shape index (κ2) is 9.39. The first-order chi connectivity index (χ1) is 17.0. The lowest BCUT2D eigenvalue weighted by molar-refractivity contribution is -0.129. The molecule has 1 saturated heterocycles. The Hall–Kier alpha value is -4.51. The van der Waals surface area contributed by atoms with E-state index in [0.717, 1.165) is 37.0 Å². The van der Waals surface area contributed by atoms with Crippen LogP contribution in [0.3, 0.4) is 0 Å². The number of nitrogens with one attached hydrogen (secondary N) is 2. The number of aromatic nitrogens is 3. The number of benzene rings is 1. The summed E-state index contributed by atoms with van der Waals surface area (Å²) in [7, 11) is 0. The number of hydrogen-bond acceptors (Lipinski definition) is 6. The topological polar surface area (TPSA) is 115 Å². The number of nitriles is 1. The van der Waals surface area contributed by atoms with Gasteiger partial charge in [-0.25, -0.2) is 4.98 Å². The predicted octanol–water partition coefficient (Wildman–Crippen LogP) is 4.33. The van der Waals surface area contributed by atoms with Gasteiger partial charge in [-0.3, -0.25) is 14.6 Å². The number of aromatic amines is 1. The van der Waals surface area contributed by atoms with Crippen LogP contribution in [0.25, 0.3) is 22.0 Å². The zero-order valence-electron chi connectivity index (χ0n) is 19.3. The van der Waals surface area contributed by atoms with Gasteiger partial charge in [-0.1, -0.05) is 12.1 Å². The Labute approximate surface area is 202 Å². The van der Waals surface area contributed by atoms with Crippen LogP contribution in [0.1, 0.15) is 36.8 Å². The van der Waals surface area contributed by atoms with E-state index in [1.807, 2.05) is 29.2 Å². The monoisotopic (exact) mass is 464 g/mol. The summed E-state index contributed by atoms with van der Waals surface area (Å²) in [6.45, 7) is 3.19. The van der Waals surface area contributed by atoms with Gasteiger partial charge >= 0.3 is 0 Å². The van der Waals surface area contributed by atoms with Crippen LogP contribution in [0.5, 0.6) is 0 Å². The average Bonchev–Trinajstić information content (AvgIpc) is 2.89. The van der Waals surface area contributed by atoms with Crippen molar-refractivity contribution in [2.45, 2.75) is 25.7 Å². The Balaban J connectivity index is 1.45. The number of H-pyrrole nitrogens is 1. The van der Waals surface area contributed by atoms with Crippen molar-refractivity contribution in [1.82, 2.24) is 19.9 Å². The highest BCUT2D eigenvalue weighted by atomic mass is 16.2. The molecule has 0 spiro atoms. The van der Waals surface area contributed by atoms with Crippen LogP contribution < -0.4 is 10.9 Å². The van der Waals surface area contributed by atoms with Crippen LogP contribution in [0.4, 0.5) is 11.5 Å². The van der Waals surface area contributed by atoms with Crippen LogP contribution in [-0.4, -0.2) is 38.8 Å². The molecule has 1 amide bonds. The highest BCUT2D eigenvalue weighted by molar-refractivity contribution is 5.95. The molecule has 1 aliphatic rings. The van der Waals surface area contributed by atoms with E-state index >= 15 is 0 Å². The van der Waals surface area contributed by atoms with Crippen molar-refractivity contribution in [1.29, 1.82) is 5.26 Å². The molecule has 4 aromatic rings. The summed E-state index contributed by atoms with van der Waals surface area (Å²) in [5.74, 6) is 0.990. The van der Waals surface area contributed by atoms with Gasteiger partial charge in [0.1, 0.15) is 11.9 Å². The molecule has 8 nitrogen and oxygen atoms in total. The molecule has 0 bridgehead atoms. The summed E-state index contributed by atoms with van der Waals surface area (Å²) >= 11 is 0. The Morgan fingerprint density at radius 1 is 1.14 bits per heavy atom. The number of amides is 1. The molecule has 1 aromatic carbocycles. The number of rotatable bonds is 4. The molecule has 3 aromatic heterocycles. The maximum Gasteiger partial charge on any atom is 0.259 e. The molecule has 174 valence electrons. The highest BCUT2D eigenvalue weighted by Gasteiger charge is 2.22. The molecule has 0 saturated carbocycles. The van der Waals surface area contributed by atoms with Crippen molar-refractivity contribution < 1.29 is 4.79 Å². The lowest BCUT2D eigenvalue weighted by Crippen LogP contribution is -2.36. The van der Waals surface area contributed by atoms with Crippen molar-refractivity contribution in [2.24, 2.45) is 0 Å². The molecule has 0 aliphatic carbocycles. The van der Waals surface area contributed by atoms with Gasteiger partial charge in [-0.15, -0.1) is 0 Å². The molecule has 0 atom stereocenters. The number of pyridine rings is 3. The van der Waals surface area contributed by atoms with Gasteiger partial charge in [0.25, 0.3) is 5.56 Å². The van der Waals surface area contributed by atoms with Crippen LogP contribution >= 0.6 is 0 Å². The first kappa shape index (κ1) is 22.3. The Morgan fingerprint density at radius 2 is 1.91 bits per heavy atom. The smallest absolute Gasteiger partial charge is 0.259 e. The third kappa shape index (κ3) is 4.62. The largest absolute Gasteiger partial charge is 0.343 e. The number of carbonyl (C=O) groups excluding carboxylic acids is 1. The van der Waals surface area contributed by atoms with Gasteiger partial charge < -0.3 is 15.2 Å². The van der Waals surface area contributed by atoms with Crippen LogP contribution in [0.15, 0.2) is 65.8 Å². The van der Waals surface area contributed by atoms with Crippen LogP contribution in [0.2, 0.25) is 0 Å². The average molecular weight is 465 g/mol. The van der Waals surface area contributed by atoms with Crippen molar-refractivity contribution in [3.8, 4) is 17.3 Å². The van der Waals surface area contributed by atoms with E-state index in [1.165, 1.54) is 11.8 Å². The van der Waals surface area contributed by atoms with Crippen molar-refractivity contribution in [3.05, 3.63) is 82.5 Å².